The fraction of sp³-hybridized carbons (Fsp3) is 0.125. The van der Waals surface area contributed by atoms with Gasteiger partial charge in [-0.05, 0) is 29.9 Å². The van der Waals surface area contributed by atoms with Gasteiger partial charge in [0.15, 0.2) is 0 Å². The van der Waals surface area contributed by atoms with Crippen LogP contribution in [0.2, 0.25) is 0 Å². The third-order valence-corrected chi connectivity index (χ3v) is 2.05. The highest BCUT2D eigenvalue weighted by molar-refractivity contribution is 7.80. The zero-order chi connectivity index (χ0) is 10.6. The van der Waals surface area contributed by atoms with Crippen LogP contribution in [0.25, 0.3) is 0 Å². The van der Waals surface area contributed by atoms with Gasteiger partial charge >= 0.3 is 0 Å². The summed E-state index contributed by atoms with van der Waals surface area (Å²) in [5, 5.41) is -0.0922. The predicted octanol–water partition coefficient (Wildman–Crippen LogP) is 0.688. The van der Waals surface area contributed by atoms with Crippen molar-refractivity contribution in [2.45, 2.75) is 5.75 Å². The molecule has 0 aliphatic carbocycles. The van der Waals surface area contributed by atoms with Crippen molar-refractivity contribution < 1.29 is 13.5 Å². The Morgan fingerprint density at radius 3 is 2.93 bits per heavy atom. The fourth-order valence-corrected chi connectivity index (χ4v) is 1.50. The van der Waals surface area contributed by atoms with Gasteiger partial charge in [-0.3, -0.25) is 4.21 Å². The van der Waals surface area contributed by atoms with Gasteiger partial charge in [0.2, 0.25) is 0 Å². The summed E-state index contributed by atoms with van der Waals surface area (Å²) in [5.74, 6) is 0.398. The molecular formula is C8H8NO3S2-. The molecular weight excluding hydrogens is 222 g/mol. The minimum atomic E-state index is -2.11. The minimum absolute atomic E-state index is 0.0471. The molecule has 0 aromatic heterocycles. The third kappa shape index (κ3) is 3.82. The van der Waals surface area contributed by atoms with Crippen LogP contribution in [0.5, 0.6) is 5.75 Å². The van der Waals surface area contributed by atoms with E-state index in [9.17, 15) is 8.76 Å². The molecule has 6 heteroatoms. The molecule has 0 spiro atoms. The van der Waals surface area contributed by atoms with Crippen LogP contribution in [0.1, 0.15) is 5.56 Å². The Balaban J connectivity index is 2.78. The Labute approximate surface area is 89.4 Å². The lowest BCUT2D eigenvalue weighted by Gasteiger charge is -2.07. The Hall–Kier alpha value is -0.980. The van der Waals surface area contributed by atoms with E-state index < -0.39 is 11.1 Å². The van der Waals surface area contributed by atoms with Gasteiger partial charge in [-0.1, -0.05) is 23.2 Å². The molecule has 4 nitrogen and oxygen atoms in total. The van der Waals surface area contributed by atoms with Crippen LogP contribution < -0.4 is 10.5 Å². The first-order chi connectivity index (χ1) is 6.58. The number of thiocarbonyl (C=S) groups is 1. The van der Waals surface area contributed by atoms with E-state index in [-0.39, 0.29) is 10.9 Å². The van der Waals surface area contributed by atoms with Crippen LogP contribution in [0.15, 0.2) is 24.3 Å². The monoisotopic (exact) mass is 230 g/mol. The number of hydrogen-bond donors (Lipinski definition) is 1. The van der Waals surface area contributed by atoms with E-state index in [1.807, 2.05) is 0 Å². The second-order valence-corrected chi connectivity index (χ2v) is 3.82. The molecule has 0 amide bonds. The van der Waals surface area contributed by atoms with E-state index in [2.05, 4.69) is 12.2 Å². The molecule has 1 unspecified atom stereocenters. The summed E-state index contributed by atoms with van der Waals surface area (Å²) in [6, 6.07) is 6.59. The van der Waals surface area contributed by atoms with Crippen molar-refractivity contribution in [1.29, 1.82) is 0 Å². The summed E-state index contributed by atoms with van der Waals surface area (Å²) < 4.78 is 25.8. The first-order valence-electron chi connectivity index (χ1n) is 3.70. The predicted molar refractivity (Wildman–Crippen MR) is 56.5 cm³/mol. The highest BCUT2D eigenvalue weighted by Crippen LogP contribution is 2.14. The fourth-order valence-electron chi connectivity index (χ4n) is 0.951. The van der Waals surface area contributed by atoms with E-state index in [1.54, 1.807) is 24.3 Å². The van der Waals surface area contributed by atoms with Crippen LogP contribution >= 0.6 is 12.2 Å². The second-order valence-electron chi connectivity index (χ2n) is 2.52. The summed E-state index contributed by atoms with van der Waals surface area (Å²) in [5.41, 5.74) is 5.79. The van der Waals surface area contributed by atoms with Crippen molar-refractivity contribution in [2.24, 2.45) is 5.73 Å². The van der Waals surface area contributed by atoms with Gasteiger partial charge in [-0.25, -0.2) is 0 Å². The van der Waals surface area contributed by atoms with Crippen LogP contribution in [0, 0.1) is 0 Å². The van der Waals surface area contributed by atoms with Gasteiger partial charge < -0.3 is 15.0 Å². The Bertz CT molecular complexity index is 336. The largest absolute Gasteiger partial charge is 0.772 e. The number of rotatable bonds is 3. The topological polar surface area (TPSA) is 75.4 Å². The SMILES string of the molecule is NC(=S)Oc1cccc(CS(=O)[O-])c1. The van der Waals surface area contributed by atoms with E-state index in [4.69, 9.17) is 10.5 Å². The first-order valence-corrected chi connectivity index (χ1v) is 5.35. The molecule has 1 atom stereocenters. The first kappa shape index (κ1) is 11.1. The third-order valence-electron chi connectivity index (χ3n) is 1.40. The van der Waals surface area contributed by atoms with Crippen molar-refractivity contribution >= 4 is 28.5 Å². The van der Waals surface area contributed by atoms with Gasteiger partial charge in [0.05, 0.1) is 0 Å². The molecule has 1 aromatic rings. The van der Waals surface area contributed by atoms with Crippen molar-refractivity contribution in [1.82, 2.24) is 0 Å². The number of nitrogens with two attached hydrogens (primary N) is 1. The summed E-state index contributed by atoms with van der Waals surface area (Å²) in [4.78, 5) is 0. The number of benzene rings is 1. The quantitative estimate of drug-likeness (QED) is 0.610. The van der Waals surface area contributed by atoms with Crippen molar-refractivity contribution in [3.8, 4) is 5.75 Å². The molecule has 76 valence electrons. The molecule has 0 saturated heterocycles. The van der Waals surface area contributed by atoms with E-state index >= 15 is 0 Å². The molecule has 0 radical (unpaired) electrons. The Kier molecular flexibility index (Phi) is 3.99. The maximum atomic E-state index is 10.4. The van der Waals surface area contributed by atoms with Gasteiger partial charge in [0, 0.05) is 5.75 Å². The Morgan fingerprint density at radius 1 is 1.64 bits per heavy atom. The standard InChI is InChI=1S/C8H9NO3S2/c9-8(13)12-7-3-1-2-6(4-7)5-14(10)11/h1-4H,5H2,(H2,9,13)(H,10,11)/p-1. The lowest BCUT2D eigenvalue weighted by molar-refractivity contribution is 0.535. The molecule has 0 fully saturated rings. The molecule has 1 aromatic carbocycles. The zero-order valence-corrected chi connectivity index (χ0v) is 8.77. The normalized spacial score (nSPS) is 12.1. The minimum Gasteiger partial charge on any atom is -0.772 e. The second kappa shape index (κ2) is 5.04. The molecule has 2 N–H and O–H groups in total. The molecule has 1 rings (SSSR count). The molecule has 0 saturated carbocycles. The smallest absolute Gasteiger partial charge is 0.259 e. The van der Waals surface area contributed by atoms with Gasteiger partial charge in [-0.2, -0.15) is 0 Å². The Morgan fingerprint density at radius 2 is 2.36 bits per heavy atom. The number of ether oxygens (including phenoxy) is 1. The highest BCUT2D eigenvalue weighted by Gasteiger charge is 1.98. The van der Waals surface area contributed by atoms with E-state index in [0.717, 1.165) is 0 Å². The maximum absolute atomic E-state index is 10.4. The van der Waals surface area contributed by atoms with Crippen LogP contribution in [0.3, 0.4) is 0 Å². The molecule has 0 aliphatic rings. The lowest BCUT2D eigenvalue weighted by Crippen LogP contribution is -2.15. The summed E-state index contributed by atoms with van der Waals surface area (Å²) >= 11 is 2.44. The zero-order valence-electron chi connectivity index (χ0n) is 7.14. The van der Waals surface area contributed by atoms with Gasteiger partial charge in [-0.15, -0.1) is 0 Å². The van der Waals surface area contributed by atoms with Crippen LogP contribution in [0.4, 0.5) is 0 Å². The van der Waals surface area contributed by atoms with Crippen molar-refractivity contribution in [2.75, 3.05) is 0 Å². The molecule has 0 bridgehead atoms. The van der Waals surface area contributed by atoms with Gasteiger partial charge in [0.25, 0.3) is 5.17 Å². The van der Waals surface area contributed by atoms with Crippen LogP contribution in [-0.4, -0.2) is 13.9 Å². The summed E-state index contributed by atoms with van der Waals surface area (Å²) in [6.07, 6.45) is 0. The lowest BCUT2D eigenvalue weighted by atomic mass is 10.2. The van der Waals surface area contributed by atoms with Gasteiger partial charge in [0.1, 0.15) is 5.75 Å². The number of hydrogen-bond acceptors (Lipinski definition) is 4. The highest BCUT2D eigenvalue weighted by atomic mass is 32.2. The molecule has 0 heterocycles. The summed E-state index contributed by atoms with van der Waals surface area (Å²) in [7, 11) is 0. The average molecular weight is 230 g/mol. The molecule has 14 heavy (non-hydrogen) atoms. The summed E-state index contributed by atoms with van der Waals surface area (Å²) in [6.45, 7) is 0. The average Bonchev–Trinajstić information content (AvgIpc) is 2.01. The van der Waals surface area contributed by atoms with E-state index in [1.165, 1.54) is 0 Å². The molecule has 0 aliphatic heterocycles. The van der Waals surface area contributed by atoms with E-state index in [0.29, 0.717) is 11.3 Å². The van der Waals surface area contributed by atoms with Crippen LogP contribution in [-0.2, 0) is 16.8 Å². The van der Waals surface area contributed by atoms with Crippen molar-refractivity contribution in [3.63, 3.8) is 0 Å². The van der Waals surface area contributed by atoms with Crippen molar-refractivity contribution in [3.05, 3.63) is 29.8 Å². The maximum Gasteiger partial charge on any atom is 0.259 e.